The number of aliphatic carboxylic acids is 1. The van der Waals surface area contributed by atoms with E-state index in [0.29, 0.717) is 17.6 Å². The number of fused-ring (bicyclic) bond motifs is 1. The van der Waals surface area contributed by atoms with Gasteiger partial charge in [0.25, 0.3) is 0 Å². The number of para-hydroxylation sites is 4. The Morgan fingerprint density at radius 1 is 0.844 bits per heavy atom. The van der Waals surface area contributed by atoms with Crippen molar-refractivity contribution in [1.29, 1.82) is 0 Å². The highest BCUT2D eigenvalue weighted by Crippen LogP contribution is 2.40. The number of carboxylic acid groups (broad SMARTS) is 1. The van der Waals surface area contributed by atoms with Crippen LogP contribution in [0.5, 0.6) is 0 Å². The molecule has 5 aromatic rings. The van der Waals surface area contributed by atoms with Crippen LogP contribution in [0, 0.1) is 5.92 Å². The molecule has 1 aliphatic rings. The zero-order chi connectivity index (χ0) is 31.0. The molecule has 0 aliphatic heterocycles. The van der Waals surface area contributed by atoms with E-state index in [1.807, 2.05) is 78.9 Å². The summed E-state index contributed by atoms with van der Waals surface area (Å²) in [5.41, 5.74) is 5.45. The van der Waals surface area contributed by atoms with Gasteiger partial charge in [-0.3, -0.25) is 9.59 Å². The van der Waals surface area contributed by atoms with Gasteiger partial charge >= 0.3 is 5.97 Å². The Labute approximate surface area is 269 Å². The highest BCUT2D eigenvalue weighted by molar-refractivity contribution is 7.99. The molecule has 0 amide bonds. The van der Waals surface area contributed by atoms with E-state index in [4.69, 9.17) is 4.98 Å². The Hall–Kier alpha value is -4.36. The van der Waals surface area contributed by atoms with Crippen molar-refractivity contribution in [2.75, 3.05) is 17.2 Å². The Morgan fingerprint density at radius 3 is 2.27 bits per heavy atom. The average Bonchev–Trinajstić information content (AvgIpc) is 3.42. The highest BCUT2D eigenvalue weighted by Gasteiger charge is 2.33. The van der Waals surface area contributed by atoms with Crippen molar-refractivity contribution in [3.63, 3.8) is 0 Å². The first-order valence-electron chi connectivity index (χ1n) is 15.9. The fraction of sp³-hybridized carbons (Fsp3) is 0.289. The van der Waals surface area contributed by atoms with Gasteiger partial charge in [0.1, 0.15) is 6.54 Å². The van der Waals surface area contributed by atoms with Crippen LogP contribution in [0.25, 0.3) is 11.0 Å². The normalized spacial score (nSPS) is 14.3. The lowest BCUT2D eigenvalue weighted by Crippen LogP contribution is -2.27. The molecule has 45 heavy (non-hydrogen) atoms. The summed E-state index contributed by atoms with van der Waals surface area (Å²) in [4.78, 5) is 33.3. The van der Waals surface area contributed by atoms with E-state index in [0.717, 1.165) is 58.6 Å². The van der Waals surface area contributed by atoms with E-state index in [-0.39, 0.29) is 18.2 Å². The van der Waals surface area contributed by atoms with Crippen LogP contribution >= 0.6 is 11.8 Å². The number of carbonyl (C=O) groups excluding carboxylic acids is 1. The number of ketones is 1. The Bertz CT molecular complexity index is 1730. The minimum absolute atomic E-state index is 0.127. The molecule has 0 radical (unpaired) electrons. The summed E-state index contributed by atoms with van der Waals surface area (Å²) < 4.78 is 1.78. The van der Waals surface area contributed by atoms with E-state index >= 15 is 0 Å². The smallest absolute Gasteiger partial charge is 0.323 e. The molecule has 0 bridgehead atoms. The third-order valence-electron chi connectivity index (χ3n) is 8.76. The molecule has 0 spiro atoms. The molecule has 1 fully saturated rings. The van der Waals surface area contributed by atoms with Gasteiger partial charge in [-0.15, -0.1) is 0 Å². The zero-order valence-corrected chi connectivity index (χ0v) is 26.2. The van der Waals surface area contributed by atoms with Gasteiger partial charge in [-0.2, -0.15) is 0 Å². The summed E-state index contributed by atoms with van der Waals surface area (Å²) in [5.74, 6) is 0.230. The minimum Gasteiger partial charge on any atom is -0.480 e. The van der Waals surface area contributed by atoms with Gasteiger partial charge in [-0.05, 0) is 67.1 Å². The maximum atomic E-state index is 14.6. The lowest BCUT2D eigenvalue weighted by atomic mass is 9.73. The topological polar surface area (TPSA) is 75.4 Å². The maximum absolute atomic E-state index is 14.6. The third-order valence-corrected chi connectivity index (χ3v) is 9.82. The van der Waals surface area contributed by atoms with Crippen molar-refractivity contribution in [2.24, 2.45) is 5.92 Å². The van der Waals surface area contributed by atoms with Crippen LogP contribution in [-0.2, 0) is 11.3 Å². The molecule has 230 valence electrons. The van der Waals surface area contributed by atoms with Gasteiger partial charge in [0, 0.05) is 23.5 Å². The second-order valence-electron chi connectivity index (χ2n) is 11.7. The number of aromatic nitrogens is 2. The van der Waals surface area contributed by atoms with Crippen LogP contribution in [0.1, 0.15) is 60.4 Å². The van der Waals surface area contributed by atoms with E-state index < -0.39 is 5.97 Å². The number of carbonyl (C=O) groups is 2. The molecular weight excluding hydrogens is 579 g/mol. The lowest BCUT2D eigenvalue weighted by molar-refractivity contribution is -0.137. The molecule has 6 rings (SSSR count). The zero-order valence-electron chi connectivity index (χ0n) is 25.4. The SMILES string of the molecule is O=C(O)Cn1c(SCCCN(c2ccccc2)c2ccccc2C(=O)C(c2ccccc2)C2CCCCC2)nc2ccccc21. The summed E-state index contributed by atoms with van der Waals surface area (Å²) in [6, 6.07) is 36.3. The summed E-state index contributed by atoms with van der Waals surface area (Å²) in [6.07, 6.45) is 6.58. The molecule has 1 unspecified atom stereocenters. The lowest BCUT2D eigenvalue weighted by Gasteiger charge is -2.32. The number of hydrogen-bond acceptors (Lipinski definition) is 5. The van der Waals surface area contributed by atoms with E-state index in [1.54, 1.807) is 16.3 Å². The van der Waals surface area contributed by atoms with E-state index in [1.165, 1.54) is 19.3 Å². The number of carboxylic acids is 1. The summed E-state index contributed by atoms with van der Waals surface area (Å²) in [5, 5.41) is 10.2. The van der Waals surface area contributed by atoms with Crippen molar-refractivity contribution >= 4 is 45.9 Å². The van der Waals surface area contributed by atoms with Gasteiger partial charge in [0.15, 0.2) is 10.9 Å². The summed E-state index contributed by atoms with van der Waals surface area (Å²) in [7, 11) is 0. The first-order chi connectivity index (χ1) is 22.1. The van der Waals surface area contributed by atoms with Gasteiger partial charge in [0.2, 0.25) is 0 Å². The first kappa shape index (κ1) is 30.7. The molecule has 1 aromatic heterocycles. The van der Waals surface area contributed by atoms with E-state index in [9.17, 15) is 14.7 Å². The standard InChI is InChI=1S/C38H39N3O3S/c42-35(43)27-41-34-24-13-11-22-32(34)39-38(41)45-26-14-25-40(30-19-8-3-9-20-30)33-23-12-10-21-31(33)37(44)36(28-15-4-1-5-16-28)29-17-6-2-7-18-29/h1,3-5,8-13,15-16,19-24,29,36H,2,6-7,14,17-18,25-27H2,(H,42,43). The van der Waals surface area contributed by atoms with Crippen LogP contribution in [0.15, 0.2) is 114 Å². The number of benzene rings is 4. The van der Waals surface area contributed by atoms with Crippen LogP contribution in [0.3, 0.4) is 0 Å². The van der Waals surface area contributed by atoms with Gasteiger partial charge in [0.05, 0.1) is 22.6 Å². The number of rotatable bonds is 13. The largest absolute Gasteiger partial charge is 0.480 e. The molecule has 1 heterocycles. The molecule has 4 aromatic carbocycles. The molecule has 1 aliphatic carbocycles. The fourth-order valence-electron chi connectivity index (χ4n) is 6.68. The molecular formula is C38H39N3O3S. The van der Waals surface area contributed by atoms with Gasteiger partial charge in [-0.1, -0.05) is 104 Å². The monoisotopic (exact) mass is 617 g/mol. The molecule has 7 heteroatoms. The number of hydrogen-bond donors (Lipinski definition) is 1. The predicted octanol–water partition coefficient (Wildman–Crippen LogP) is 8.99. The molecule has 6 nitrogen and oxygen atoms in total. The second-order valence-corrected chi connectivity index (χ2v) is 12.8. The first-order valence-corrected chi connectivity index (χ1v) is 16.9. The summed E-state index contributed by atoms with van der Waals surface area (Å²) >= 11 is 1.57. The Morgan fingerprint density at radius 2 is 1.51 bits per heavy atom. The van der Waals surface area contributed by atoms with Crippen molar-refractivity contribution in [2.45, 2.75) is 56.1 Å². The van der Waals surface area contributed by atoms with Gasteiger partial charge in [-0.25, -0.2) is 4.98 Å². The van der Waals surface area contributed by atoms with Crippen LogP contribution < -0.4 is 4.90 Å². The van der Waals surface area contributed by atoms with Crippen molar-refractivity contribution in [1.82, 2.24) is 9.55 Å². The van der Waals surface area contributed by atoms with Crippen LogP contribution in [-0.4, -0.2) is 38.7 Å². The molecule has 1 atom stereocenters. The predicted molar refractivity (Wildman–Crippen MR) is 183 cm³/mol. The molecule has 1 saturated carbocycles. The van der Waals surface area contributed by atoms with Crippen molar-refractivity contribution in [3.05, 3.63) is 120 Å². The molecule has 0 saturated heterocycles. The number of Topliss-reactive ketones (excluding diaryl/α,β-unsaturated/α-hetero) is 1. The Balaban J connectivity index is 1.27. The van der Waals surface area contributed by atoms with Crippen molar-refractivity contribution in [3.8, 4) is 0 Å². The van der Waals surface area contributed by atoms with Crippen LogP contribution in [0.4, 0.5) is 11.4 Å². The van der Waals surface area contributed by atoms with Crippen LogP contribution in [0.2, 0.25) is 0 Å². The van der Waals surface area contributed by atoms with E-state index in [2.05, 4.69) is 35.2 Å². The van der Waals surface area contributed by atoms with Crippen molar-refractivity contribution < 1.29 is 14.7 Å². The Kier molecular flexibility index (Phi) is 9.96. The number of nitrogens with zero attached hydrogens (tertiary/aromatic N) is 3. The quantitative estimate of drug-likeness (QED) is 0.0807. The fourth-order valence-corrected chi connectivity index (χ4v) is 7.62. The maximum Gasteiger partial charge on any atom is 0.323 e. The number of anilines is 2. The number of thioether (sulfide) groups is 1. The second kappa shape index (κ2) is 14.6. The average molecular weight is 618 g/mol. The van der Waals surface area contributed by atoms with Gasteiger partial charge < -0.3 is 14.6 Å². The highest BCUT2D eigenvalue weighted by atomic mass is 32.2. The molecule has 1 N–H and O–H groups in total. The third kappa shape index (κ3) is 7.15. The minimum atomic E-state index is -0.890. The number of imidazole rings is 1. The summed E-state index contributed by atoms with van der Waals surface area (Å²) in [6.45, 7) is 0.567.